The number of halogens is 3. The van der Waals surface area contributed by atoms with Gasteiger partial charge in [-0.1, -0.05) is 53.0 Å². The summed E-state index contributed by atoms with van der Waals surface area (Å²) in [6.45, 7) is 1.24. The summed E-state index contributed by atoms with van der Waals surface area (Å²) in [6, 6.07) is 11.1. The normalized spacial score (nSPS) is 15.5. The monoisotopic (exact) mass is 498 g/mol. The lowest BCUT2D eigenvalue weighted by atomic mass is 9.83. The summed E-state index contributed by atoms with van der Waals surface area (Å²) in [5.74, 6) is 0.436. The minimum atomic E-state index is -0.515. The molecule has 1 aromatic carbocycles. The van der Waals surface area contributed by atoms with Crippen molar-refractivity contribution in [1.29, 1.82) is 5.26 Å². The van der Waals surface area contributed by atoms with Crippen molar-refractivity contribution >= 4 is 51.8 Å². The van der Waals surface area contributed by atoms with Crippen molar-refractivity contribution < 1.29 is 0 Å². The largest absolute Gasteiger partial charge is 0.341 e. The number of nitrogens with one attached hydrogen (secondary N) is 1. The maximum absolute atomic E-state index is 9.83. The molecule has 5 rings (SSSR count). The van der Waals surface area contributed by atoms with Crippen LogP contribution in [-0.4, -0.2) is 38.2 Å². The summed E-state index contributed by atoms with van der Waals surface area (Å²) in [7, 11) is 0. The van der Waals surface area contributed by atoms with Crippen molar-refractivity contribution in [2.24, 2.45) is 5.73 Å². The number of pyridine rings is 1. The van der Waals surface area contributed by atoms with Gasteiger partial charge in [0, 0.05) is 30.4 Å². The highest BCUT2D eigenvalue weighted by molar-refractivity contribution is 6.43. The number of anilines is 1. The SMILES string of the molecule is N#Cc1nc(N2CCC(N)(c3ccc(Cl)nc3)CC2)nc2n[nH]c(-c3cccc(Cl)c3Cl)c12. The van der Waals surface area contributed by atoms with E-state index < -0.39 is 5.54 Å². The van der Waals surface area contributed by atoms with Gasteiger partial charge in [0.2, 0.25) is 5.95 Å². The van der Waals surface area contributed by atoms with Crippen LogP contribution in [0.2, 0.25) is 15.2 Å². The van der Waals surface area contributed by atoms with E-state index in [4.69, 9.17) is 40.5 Å². The third kappa shape index (κ3) is 3.87. The average molecular weight is 500 g/mol. The highest BCUT2D eigenvalue weighted by atomic mass is 35.5. The molecular weight excluding hydrogens is 483 g/mol. The first-order valence-electron chi connectivity index (χ1n) is 10.2. The Balaban J connectivity index is 1.47. The van der Waals surface area contributed by atoms with Gasteiger partial charge in [-0.05, 0) is 30.5 Å². The van der Waals surface area contributed by atoms with Crippen LogP contribution >= 0.6 is 34.8 Å². The molecule has 0 saturated carbocycles. The number of benzene rings is 1. The summed E-state index contributed by atoms with van der Waals surface area (Å²) in [6.07, 6.45) is 3.06. The van der Waals surface area contributed by atoms with Gasteiger partial charge in [-0.25, -0.2) is 9.97 Å². The van der Waals surface area contributed by atoms with Crippen LogP contribution in [0.15, 0.2) is 36.5 Å². The molecule has 4 aromatic rings. The maximum atomic E-state index is 9.83. The molecule has 0 spiro atoms. The van der Waals surface area contributed by atoms with Gasteiger partial charge in [0.05, 0.1) is 21.1 Å². The van der Waals surface area contributed by atoms with E-state index in [1.807, 2.05) is 11.0 Å². The molecule has 1 fully saturated rings. The molecule has 0 unspecified atom stereocenters. The predicted molar refractivity (Wildman–Crippen MR) is 128 cm³/mol. The van der Waals surface area contributed by atoms with Crippen LogP contribution in [0.4, 0.5) is 5.95 Å². The fourth-order valence-electron chi connectivity index (χ4n) is 4.09. The van der Waals surface area contributed by atoms with E-state index >= 15 is 0 Å². The van der Waals surface area contributed by atoms with Gasteiger partial charge >= 0.3 is 0 Å². The van der Waals surface area contributed by atoms with Crippen LogP contribution in [0.25, 0.3) is 22.3 Å². The summed E-state index contributed by atoms with van der Waals surface area (Å²) < 4.78 is 0. The number of aromatic nitrogens is 5. The number of fused-ring (bicyclic) bond motifs is 1. The van der Waals surface area contributed by atoms with Crippen LogP contribution in [0.3, 0.4) is 0 Å². The Kier molecular flexibility index (Phi) is 5.59. The zero-order chi connectivity index (χ0) is 23.2. The van der Waals surface area contributed by atoms with Gasteiger partial charge < -0.3 is 10.6 Å². The number of aromatic amines is 1. The molecule has 3 N–H and O–H groups in total. The number of H-pyrrole nitrogens is 1. The lowest BCUT2D eigenvalue weighted by Crippen LogP contribution is -2.48. The third-order valence-electron chi connectivity index (χ3n) is 5.97. The Morgan fingerprint density at radius 1 is 1.09 bits per heavy atom. The molecule has 166 valence electrons. The first kappa shape index (κ1) is 21.9. The minimum Gasteiger partial charge on any atom is -0.341 e. The molecule has 0 radical (unpaired) electrons. The van der Waals surface area contributed by atoms with Crippen LogP contribution in [0.5, 0.6) is 0 Å². The van der Waals surface area contributed by atoms with Gasteiger partial charge in [0.15, 0.2) is 11.3 Å². The number of hydrogen-bond acceptors (Lipinski definition) is 7. The Bertz CT molecular complexity index is 1390. The van der Waals surface area contributed by atoms with E-state index in [0.717, 1.165) is 5.56 Å². The molecule has 11 heteroatoms. The van der Waals surface area contributed by atoms with Crippen LogP contribution in [0.1, 0.15) is 24.1 Å². The second-order valence-electron chi connectivity index (χ2n) is 7.90. The van der Waals surface area contributed by atoms with Crippen molar-refractivity contribution in [1.82, 2.24) is 25.1 Å². The van der Waals surface area contributed by atoms with E-state index in [2.05, 4.69) is 31.2 Å². The molecule has 0 bridgehead atoms. The number of piperidine rings is 1. The lowest BCUT2D eigenvalue weighted by molar-refractivity contribution is 0.340. The van der Waals surface area contributed by atoms with E-state index in [1.54, 1.807) is 30.5 Å². The molecule has 1 aliphatic rings. The fourth-order valence-corrected chi connectivity index (χ4v) is 4.60. The summed E-state index contributed by atoms with van der Waals surface area (Å²) in [5.41, 5.74) is 8.86. The first-order valence-corrected chi connectivity index (χ1v) is 11.3. The van der Waals surface area contributed by atoms with Crippen LogP contribution in [-0.2, 0) is 5.54 Å². The Labute approximate surface area is 204 Å². The predicted octanol–water partition coefficient (Wildman–Crippen LogP) is 4.70. The van der Waals surface area contributed by atoms with Gasteiger partial charge in [-0.15, -0.1) is 0 Å². The molecule has 1 aliphatic heterocycles. The van der Waals surface area contributed by atoms with Crippen LogP contribution < -0.4 is 10.6 Å². The summed E-state index contributed by atoms with van der Waals surface area (Å²) >= 11 is 18.5. The first-order chi connectivity index (χ1) is 15.9. The fraction of sp³-hybridized carbons (Fsp3) is 0.227. The second kappa shape index (κ2) is 8.43. The molecule has 33 heavy (non-hydrogen) atoms. The van der Waals surface area contributed by atoms with Gasteiger partial charge in [0.25, 0.3) is 0 Å². The number of nitrogens with zero attached hydrogens (tertiary/aromatic N) is 6. The average Bonchev–Trinajstić information content (AvgIpc) is 3.25. The quantitative estimate of drug-likeness (QED) is 0.392. The third-order valence-corrected chi connectivity index (χ3v) is 7.01. The Morgan fingerprint density at radius 2 is 1.88 bits per heavy atom. The molecule has 3 aromatic heterocycles. The molecule has 0 amide bonds. The topological polar surface area (TPSA) is 120 Å². The van der Waals surface area contributed by atoms with Crippen molar-refractivity contribution in [2.45, 2.75) is 18.4 Å². The smallest absolute Gasteiger partial charge is 0.228 e. The summed E-state index contributed by atoms with van der Waals surface area (Å²) in [5, 5.41) is 18.8. The molecule has 0 aliphatic carbocycles. The number of nitriles is 1. The summed E-state index contributed by atoms with van der Waals surface area (Å²) in [4.78, 5) is 15.3. The molecular formula is C22H17Cl3N8. The standard InChI is InChI=1S/C22H17Cl3N8/c23-14-3-1-2-13(18(14)25)19-17-15(10-26)29-21(30-20(17)32-31-19)33-8-6-22(27,7-9-33)12-4-5-16(24)28-11-12/h1-5,11H,6-9,27H2,(H,29,30,31,32). The second-order valence-corrected chi connectivity index (χ2v) is 9.07. The van der Waals surface area contributed by atoms with Gasteiger partial charge in [0.1, 0.15) is 11.2 Å². The zero-order valence-electron chi connectivity index (χ0n) is 17.2. The molecule has 1 saturated heterocycles. The Morgan fingerprint density at radius 3 is 2.58 bits per heavy atom. The van der Waals surface area contributed by atoms with Crippen LogP contribution in [0, 0.1) is 11.3 Å². The number of rotatable bonds is 3. The van der Waals surface area contributed by atoms with Crippen molar-refractivity contribution in [3.63, 3.8) is 0 Å². The van der Waals surface area contributed by atoms with Gasteiger partial charge in [-0.2, -0.15) is 15.3 Å². The van der Waals surface area contributed by atoms with E-state index in [1.165, 1.54) is 0 Å². The number of nitrogens with two attached hydrogens (primary N) is 1. The van der Waals surface area contributed by atoms with Crippen molar-refractivity contribution in [3.05, 3.63) is 63.0 Å². The van der Waals surface area contributed by atoms with Gasteiger partial charge in [-0.3, -0.25) is 5.10 Å². The molecule has 4 heterocycles. The highest BCUT2D eigenvalue weighted by Gasteiger charge is 2.34. The lowest BCUT2D eigenvalue weighted by Gasteiger charge is -2.39. The van der Waals surface area contributed by atoms with Crippen molar-refractivity contribution in [3.8, 4) is 17.3 Å². The van der Waals surface area contributed by atoms with E-state index in [-0.39, 0.29) is 5.69 Å². The molecule has 0 atom stereocenters. The minimum absolute atomic E-state index is 0.210. The maximum Gasteiger partial charge on any atom is 0.228 e. The zero-order valence-corrected chi connectivity index (χ0v) is 19.5. The van der Waals surface area contributed by atoms with E-state index in [9.17, 15) is 5.26 Å². The number of hydrogen-bond donors (Lipinski definition) is 2. The highest BCUT2D eigenvalue weighted by Crippen LogP contribution is 2.37. The Hall–Kier alpha value is -2.96. The van der Waals surface area contributed by atoms with E-state index in [0.29, 0.717) is 69.4 Å². The van der Waals surface area contributed by atoms with Crippen molar-refractivity contribution in [2.75, 3.05) is 18.0 Å². The molecule has 8 nitrogen and oxygen atoms in total.